The fourth-order valence-corrected chi connectivity index (χ4v) is 4.91. The Morgan fingerprint density at radius 3 is 3.07 bits per heavy atom. The molecule has 0 bridgehead atoms. The van der Waals surface area contributed by atoms with Crippen molar-refractivity contribution in [2.45, 2.75) is 24.9 Å². The highest BCUT2D eigenvalue weighted by Gasteiger charge is 2.45. The number of fused-ring (bicyclic) bond motifs is 1. The Hall–Kier alpha value is -1.96. The quantitative estimate of drug-likeness (QED) is 0.744. The SMILES string of the molecule is COCCN(C)C[C@H]1CO[C@]2(CCCN(C(=O)c3nn(C)c4ccccc34)C2)C1. The molecule has 4 rings (SSSR count). The van der Waals surface area contributed by atoms with Crippen molar-refractivity contribution in [2.24, 2.45) is 13.0 Å². The Bertz CT molecular complexity index is 867. The molecule has 7 heteroatoms. The van der Waals surface area contributed by atoms with Gasteiger partial charge in [0.1, 0.15) is 0 Å². The van der Waals surface area contributed by atoms with Crippen molar-refractivity contribution in [2.75, 3.05) is 53.6 Å². The van der Waals surface area contributed by atoms with Crippen molar-refractivity contribution in [3.63, 3.8) is 0 Å². The van der Waals surface area contributed by atoms with Crippen LogP contribution in [0.4, 0.5) is 0 Å². The van der Waals surface area contributed by atoms with Crippen LogP contribution in [0.3, 0.4) is 0 Å². The molecule has 158 valence electrons. The predicted octanol–water partition coefficient (Wildman–Crippen LogP) is 2.16. The summed E-state index contributed by atoms with van der Waals surface area (Å²) in [5.41, 5.74) is 1.33. The lowest BCUT2D eigenvalue weighted by Gasteiger charge is -2.39. The second-order valence-electron chi connectivity index (χ2n) is 8.64. The number of likely N-dealkylation sites (N-methyl/N-ethyl adjacent to an activating group) is 1. The normalized spacial score (nSPS) is 24.8. The molecule has 1 spiro atoms. The van der Waals surface area contributed by atoms with Gasteiger partial charge in [-0.15, -0.1) is 0 Å². The van der Waals surface area contributed by atoms with Crippen molar-refractivity contribution in [3.8, 4) is 0 Å². The van der Waals surface area contributed by atoms with Gasteiger partial charge in [-0.2, -0.15) is 5.10 Å². The Morgan fingerprint density at radius 2 is 2.24 bits per heavy atom. The molecule has 0 aliphatic carbocycles. The molecule has 1 aromatic heterocycles. The largest absolute Gasteiger partial charge is 0.383 e. The molecule has 0 unspecified atom stereocenters. The van der Waals surface area contributed by atoms with Crippen LogP contribution in [0.1, 0.15) is 29.8 Å². The first-order valence-corrected chi connectivity index (χ1v) is 10.5. The van der Waals surface area contributed by atoms with Crippen LogP contribution in [0.15, 0.2) is 24.3 Å². The standard InChI is InChI=1S/C22H32N4O3/c1-24(11-12-28-3)14-17-13-22(29-15-17)9-6-10-26(16-22)21(27)20-18-7-4-5-8-19(18)25(2)23-20/h4-5,7-8,17H,6,9-16H2,1-3H3/t17-,22+/m0/s1. The van der Waals surface area contributed by atoms with Gasteiger partial charge in [-0.25, -0.2) is 0 Å². The molecule has 2 aliphatic heterocycles. The lowest BCUT2D eigenvalue weighted by Crippen LogP contribution is -2.50. The highest BCUT2D eigenvalue weighted by Crippen LogP contribution is 2.38. The molecule has 2 atom stereocenters. The first kappa shape index (κ1) is 20.3. The number of aryl methyl sites for hydroxylation is 1. The third kappa shape index (κ3) is 4.17. The van der Waals surface area contributed by atoms with Crippen molar-refractivity contribution in [3.05, 3.63) is 30.0 Å². The summed E-state index contributed by atoms with van der Waals surface area (Å²) in [6, 6.07) is 7.92. The minimum absolute atomic E-state index is 0.0186. The summed E-state index contributed by atoms with van der Waals surface area (Å²) in [6.07, 6.45) is 3.01. The lowest BCUT2D eigenvalue weighted by atomic mass is 9.86. The van der Waals surface area contributed by atoms with E-state index in [1.54, 1.807) is 11.8 Å². The highest BCUT2D eigenvalue weighted by molar-refractivity contribution is 6.04. The van der Waals surface area contributed by atoms with E-state index in [9.17, 15) is 4.79 Å². The molecular weight excluding hydrogens is 368 g/mol. The zero-order valence-electron chi connectivity index (χ0n) is 17.8. The van der Waals surface area contributed by atoms with Crippen LogP contribution in [-0.2, 0) is 16.5 Å². The van der Waals surface area contributed by atoms with Crippen LogP contribution < -0.4 is 0 Å². The number of carbonyl (C=O) groups excluding carboxylic acids is 1. The van der Waals surface area contributed by atoms with E-state index in [0.717, 1.165) is 63.0 Å². The molecule has 1 aromatic carbocycles. The summed E-state index contributed by atoms with van der Waals surface area (Å²) in [4.78, 5) is 17.6. The summed E-state index contributed by atoms with van der Waals surface area (Å²) in [5, 5.41) is 5.45. The van der Waals surface area contributed by atoms with Crippen molar-refractivity contribution < 1.29 is 14.3 Å². The lowest BCUT2D eigenvalue weighted by molar-refractivity contribution is -0.0451. The number of ether oxygens (including phenoxy) is 2. The first-order valence-electron chi connectivity index (χ1n) is 10.5. The number of para-hydroxylation sites is 1. The molecule has 0 N–H and O–H groups in total. The number of carbonyl (C=O) groups is 1. The summed E-state index contributed by atoms with van der Waals surface area (Å²) in [6.45, 7) is 4.88. The summed E-state index contributed by atoms with van der Waals surface area (Å²) in [5.74, 6) is 0.521. The fraction of sp³-hybridized carbons (Fsp3) is 0.636. The van der Waals surface area contributed by atoms with E-state index in [4.69, 9.17) is 9.47 Å². The van der Waals surface area contributed by atoms with E-state index in [-0.39, 0.29) is 11.5 Å². The fourth-order valence-electron chi connectivity index (χ4n) is 4.91. The van der Waals surface area contributed by atoms with Crippen LogP contribution in [0.25, 0.3) is 10.9 Å². The number of piperidine rings is 1. The van der Waals surface area contributed by atoms with Crippen LogP contribution in [0.5, 0.6) is 0 Å². The highest BCUT2D eigenvalue weighted by atomic mass is 16.5. The topological polar surface area (TPSA) is 59.8 Å². The van der Waals surface area contributed by atoms with E-state index < -0.39 is 0 Å². The van der Waals surface area contributed by atoms with Crippen molar-refractivity contribution in [1.29, 1.82) is 0 Å². The van der Waals surface area contributed by atoms with Gasteiger partial charge >= 0.3 is 0 Å². The number of rotatable bonds is 6. The van der Waals surface area contributed by atoms with Crippen molar-refractivity contribution in [1.82, 2.24) is 19.6 Å². The average Bonchev–Trinajstić information content (AvgIpc) is 3.27. The van der Waals surface area contributed by atoms with E-state index in [0.29, 0.717) is 18.2 Å². The Kier molecular flexibility index (Phi) is 5.90. The molecule has 3 heterocycles. The molecule has 0 saturated carbocycles. The van der Waals surface area contributed by atoms with E-state index in [2.05, 4.69) is 17.0 Å². The number of nitrogens with zero attached hydrogens (tertiary/aromatic N) is 4. The van der Waals surface area contributed by atoms with Gasteiger partial charge < -0.3 is 19.3 Å². The second kappa shape index (κ2) is 8.42. The zero-order valence-corrected chi connectivity index (χ0v) is 17.8. The zero-order chi connectivity index (χ0) is 20.4. The van der Waals surface area contributed by atoms with Gasteiger partial charge in [-0.1, -0.05) is 18.2 Å². The molecule has 7 nitrogen and oxygen atoms in total. The molecule has 2 aromatic rings. The maximum atomic E-state index is 13.3. The van der Waals surface area contributed by atoms with Gasteiger partial charge in [-0.3, -0.25) is 9.48 Å². The smallest absolute Gasteiger partial charge is 0.275 e. The average molecular weight is 401 g/mol. The van der Waals surface area contributed by atoms with E-state index in [1.165, 1.54) is 0 Å². The van der Waals surface area contributed by atoms with Crippen LogP contribution in [-0.4, -0.2) is 84.6 Å². The van der Waals surface area contributed by atoms with Gasteiger partial charge in [0.15, 0.2) is 5.69 Å². The maximum Gasteiger partial charge on any atom is 0.275 e. The summed E-state index contributed by atoms with van der Waals surface area (Å²) >= 11 is 0. The molecule has 2 aliphatic rings. The summed E-state index contributed by atoms with van der Waals surface area (Å²) < 4.78 is 13.3. The van der Waals surface area contributed by atoms with Gasteiger partial charge in [0, 0.05) is 39.2 Å². The second-order valence-corrected chi connectivity index (χ2v) is 8.64. The van der Waals surface area contributed by atoms with Gasteiger partial charge in [0.2, 0.25) is 0 Å². The number of aromatic nitrogens is 2. The first-order chi connectivity index (χ1) is 14.0. The molecule has 2 fully saturated rings. The molecule has 29 heavy (non-hydrogen) atoms. The summed E-state index contributed by atoms with van der Waals surface area (Å²) in [7, 11) is 5.76. The molecule has 1 amide bonds. The van der Waals surface area contributed by atoms with E-state index in [1.807, 2.05) is 36.2 Å². The van der Waals surface area contributed by atoms with Crippen molar-refractivity contribution >= 4 is 16.8 Å². The number of amides is 1. The minimum atomic E-state index is -0.203. The van der Waals surface area contributed by atoms with Gasteiger partial charge in [0.05, 0.1) is 30.9 Å². The third-order valence-corrected chi connectivity index (χ3v) is 6.32. The molecule has 0 radical (unpaired) electrons. The minimum Gasteiger partial charge on any atom is -0.383 e. The molecular formula is C22H32N4O3. The Balaban J connectivity index is 1.44. The Labute approximate surface area is 172 Å². The number of methoxy groups -OCH3 is 1. The van der Waals surface area contributed by atoms with Crippen LogP contribution in [0, 0.1) is 5.92 Å². The van der Waals surface area contributed by atoms with Crippen LogP contribution >= 0.6 is 0 Å². The number of hydrogen-bond donors (Lipinski definition) is 0. The maximum absolute atomic E-state index is 13.3. The number of hydrogen-bond acceptors (Lipinski definition) is 5. The van der Waals surface area contributed by atoms with Gasteiger partial charge in [-0.05, 0) is 38.3 Å². The van der Waals surface area contributed by atoms with Gasteiger partial charge in [0.25, 0.3) is 5.91 Å². The molecule has 2 saturated heterocycles. The Morgan fingerprint density at radius 1 is 1.41 bits per heavy atom. The number of benzene rings is 1. The number of likely N-dealkylation sites (tertiary alicyclic amines) is 1. The van der Waals surface area contributed by atoms with E-state index >= 15 is 0 Å². The monoisotopic (exact) mass is 400 g/mol. The third-order valence-electron chi connectivity index (χ3n) is 6.32. The van der Waals surface area contributed by atoms with Crippen LogP contribution in [0.2, 0.25) is 0 Å². The predicted molar refractivity (Wildman–Crippen MR) is 112 cm³/mol.